The minimum absolute atomic E-state index is 0.206. The summed E-state index contributed by atoms with van der Waals surface area (Å²) in [7, 11) is 2.17. The molecule has 2 nitrogen and oxygen atoms in total. The highest BCUT2D eigenvalue weighted by molar-refractivity contribution is 5.22. The van der Waals surface area contributed by atoms with E-state index < -0.39 is 0 Å². The molecule has 0 N–H and O–H groups in total. The van der Waals surface area contributed by atoms with Gasteiger partial charge in [0.05, 0.1) is 12.0 Å². The van der Waals surface area contributed by atoms with Crippen molar-refractivity contribution in [3.8, 4) is 6.07 Å². The zero-order valence-electron chi connectivity index (χ0n) is 12.1. The maximum absolute atomic E-state index is 9.37. The third kappa shape index (κ3) is 3.81. The number of nitriles is 1. The van der Waals surface area contributed by atoms with Gasteiger partial charge in [0.25, 0.3) is 0 Å². The normalized spacial score (nSPS) is 23.9. The summed E-state index contributed by atoms with van der Waals surface area (Å²) in [6, 6.07) is 11.6. The fourth-order valence-corrected chi connectivity index (χ4v) is 3.18. The summed E-state index contributed by atoms with van der Waals surface area (Å²) in [6.45, 7) is 3.08. The van der Waals surface area contributed by atoms with Crippen LogP contribution in [0.4, 0.5) is 0 Å². The van der Waals surface area contributed by atoms with Crippen molar-refractivity contribution in [2.45, 2.75) is 51.6 Å². The van der Waals surface area contributed by atoms with Gasteiger partial charge in [-0.25, -0.2) is 0 Å². The van der Waals surface area contributed by atoms with Gasteiger partial charge >= 0.3 is 0 Å². The van der Waals surface area contributed by atoms with Crippen LogP contribution in [0.15, 0.2) is 24.3 Å². The minimum atomic E-state index is 0.206. The Morgan fingerprint density at radius 1 is 1.26 bits per heavy atom. The van der Waals surface area contributed by atoms with Crippen LogP contribution in [0.25, 0.3) is 0 Å². The summed E-state index contributed by atoms with van der Waals surface area (Å²) in [5, 5.41) is 9.37. The Morgan fingerprint density at radius 3 is 2.79 bits per heavy atom. The molecule has 1 saturated carbocycles. The highest BCUT2D eigenvalue weighted by Gasteiger charge is 2.26. The average molecular weight is 256 g/mol. The number of rotatable bonds is 3. The molecule has 1 aliphatic rings. The van der Waals surface area contributed by atoms with Crippen LogP contribution in [-0.4, -0.2) is 18.0 Å². The molecule has 0 saturated heterocycles. The summed E-state index contributed by atoms with van der Waals surface area (Å²) in [4.78, 5) is 2.38. The van der Waals surface area contributed by atoms with Crippen molar-refractivity contribution in [2.75, 3.05) is 7.05 Å². The van der Waals surface area contributed by atoms with Crippen molar-refractivity contribution < 1.29 is 0 Å². The second-order valence-electron chi connectivity index (χ2n) is 5.85. The summed E-state index contributed by atoms with van der Waals surface area (Å²) in [5.74, 6) is 0.206. The van der Waals surface area contributed by atoms with Gasteiger partial charge in [0, 0.05) is 12.6 Å². The lowest BCUT2D eigenvalue weighted by Gasteiger charge is -2.30. The van der Waals surface area contributed by atoms with Crippen LogP contribution >= 0.6 is 0 Å². The van der Waals surface area contributed by atoms with Crippen molar-refractivity contribution in [2.24, 2.45) is 5.92 Å². The number of nitrogens with zero attached hydrogens (tertiary/aromatic N) is 2. The Hall–Kier alpha value is -1.33. The molecule has 2 heteroatoms. The molecule has 1 aromatic rings. The van der Waals surface area contributed by atoms with Crippen molar-refractivity contribution in [1.82, 2.24) is 4.90 Å². The van der Waals surface area contributed by atoms with E-state index in [2.05, 4.69) is 49.2 Å². The van der Waals surface area contributed by atoms with E-state index in [1.807, 2.05) is 0 Å². The molecular formula is C17H24N2. The van der Waals surface area contributed by atoms with Crippen LogP contribution in [-0.2, 0) is 6.54 Å². The molecule has 2 unspecified atom stereocenters. The molecule has 19 heavy (non-hydrogen) atoms. The lowest BCUT2D eigenvalue weighted by atomic mass is 9.94. The fourth-order valence-electron chi connectivity index (χ4n) is 3.18. The van der Waals surface area contributed by atoms with Gasteiger partial charge in [0.1, 0.15) is 0 Å². The second kappa shape index (κ2) is 6.73. The number of benzene rings is 1. The highest BCUT2D eigenvalue weighted by Crippen LogP contribution is 2.27. The molecule has 0 bridgehead atoms. The average Bonchev–Trinajstić information content (AvgIpc) is 2.63. The monoisotopic (exact) mass is 256 g/mol. The summed E-state index contributed by atoms with van der Waals surface area (Å²) in [5.41, 5.74) is 2.66. The Balaban J connectivity index is 2.05. The first-order chi connectivity index (χ1) is 9.20. The van der Waals surface area contributed by atoms with Gasteiger partial charge in [0.15, 0.2) is 0 Å². The van der Waals surface area contributed by atoms with Gasteiger partial charge in [-0.1, -0.05) is 49.1 Å². The van der Waals surface area contributed by atoms with Crippen molar-refractivity contribution in [3.63, 3.8) is 0 Å². The molecule has 0 amide bonds. The Kier molecular flexibility index (Phi) is 4.99. The van der Waals surface area contributed by atoms with Crippen molar-refractivity contribution in [3.05, 3.63) is 35.4 Å². The molecule has 0 aliphatic heterocycles. The first kappa shape index (κ1) is 14.1. The molecule has 0 aromatic heterocycles. The molecule has 0 radical (unpaired) electrons. The van der Waals surface area contributed by atoms with Crippen LogP contribution in [0.5, 0.6) is 0 Å². The van der Waals surface area contributed by atoms with E-state index in [-0.39, 0.29) is 5.92 Å². The van der Waals surface area contributed by atoms with Crippen molar-refractivity contribution in [1.29, 1.82) is 5.26 Å². The Bertz CT molecular complexity index is 447. The van der Waals surface area contributed by atoms with E-state index in [0.29, 0.717) is 6.04 Å². The molecule has 1 aliphatic carbocycles. The molecular weight excluding hydrogens is 232 g/mol. The molecule has 1 fully saturated rings. The SMILES string of the molecule is Cc1cccc(CN(C)C2CCCCCC2C#N)c1. The topological polar surface area (TPSA) is 27.0 Å². The van der Waals surface area contributed by atoms with Crippen LogP contribution in [0, 0.1) is 24.2 Å². The first-order valence-electron chi connectivity index (χ1n) is 7.36. The van der Waals surface area contributed by atoms with Gasteiger partial charge in [-0.2, -0.15) is 5.26 Å². The lowest BCUT2D eigenvalue weighted by Crippen LogP contribution is -2.36. The summed E-state index contributed by atoms with van der Waals surface area (Å²) in [6.07, 6.45) is 6.00. The Labute approximate surface area is 117 Å². The standard InChI is InChI=1S/C17H24N2/c1-14-7-6-8-15(11-14)13-19(2)17-10-5-3-4-9-16(17)12-18/h6-8,11,16-17H,3-5,9-10,13H2,1-2H3. The first-order valence-corrected chi connectivity index (χ1v) is 7.36. The minimum Gasteiger partial charge on any atom is -0.298 e. The number of aryl methyl sites for hydroxylation is 1. The van der Waals surface area contributed by atoms with E-state index in [4.69, 9.17) is 0 Å². The largest absolute Gasteiger partial charge is 0.298 e. The number of hydrogen-bond acceptors (Lipinski definition) is 2. The van der Waals surface area contributed by atoms with Gasteiger partial charge in [-0.3, -0.25) is 4.90 Å². The molecule has 0 heterocycles. The predicted octanol–water partition coefficient (Wildman–Crippen LogP) is 3.90. The van der Waals surface area contributed by atoms with E-state index in [0.717, 1.165) is 13.0 Å². The van der Waals surface area contributed by atoms with Crippen molar-refractivity contribution >= 4 is 0 Å². The lowest BCUT2D eigenvalue weighted by molar-refractivity contribution is 0.183. The third-order valence-corrected chi connectivity index (χ3v) is 4.23. The molecule has 2 rings (SSSR count). The van der Waals surface area contributed by atoms with Gasteiger partial charge < -0.3 is 0 Å². The smallest absolute Gasteiger partial charge is 0.0672 e. The van der Waals surface area contributed by atoms with E-state index in [9.17, 15) is 5.26 Å². The highest BCUT2D eigenvalue weighted by atomic mass is 15.1. The van der Waals surface area contributed by atoms with E-state index in [1.165, 1.54) is 36.8 Å². The zero-order valence-corrected chi connectivity index (χ0v) is 12.1. The summed E-state index contributed by atoms with van der Waals surface area (Å²) >= 11 is 0. The van der Waals surface area contributed by atoms with Crippen LogP contribution in [0.2, 0.25) is 0 Å². The second-order valence-corrected chi connectivity index (χ2v) is 5.85. The molecule has 0 spiro atoms. The third-order valence-electron chi connectivity index (χ3n) is 4.23. The van der Waals surface area contributed by atoms with E-state index in [1.54, 1.807) is 0 Å². The maximum Gasteiger partial charge on any atom is 0.0672 e. The summed E-state index contributed by atoms with van der Waals surface area (Å²) < 4.78 is 0. The van der Waals surface area contributed by atoms with Crippen LogP contribution < -0.4 is 0 Å². The molecule has 102 valence electrons. The quantitative estimate of drug-likeness (QED) is 0.767. The number of hydrogen-bond donors (Lipinski definition) is 0. The van der Waals surface area contributed by atoms with Crippen LogP contribution in [0.1, 0.15) is 43.2 Å². The predicted molar refractivity (Wildman–Crippen MR) is 78.6 cm³/mol. The van der Waals surface area contributed by atoms with Crippen LogP contribution in [0.3, 0.4) is 0 Å². The van der Waals surface area contributed by atoms with Gasteiger partial charge in [0.2, 0.25) is 0 Å². The molecule has 1 aromatic carbocycles. The Morgan fingerprint density at radius 2 is 2.05 bits per heavy atom. The fraction of sp³-hybridized carbons (Fsp3) is 0.588. The van der Waals surface area contributed by atoms with Gasteiger partial charge in [-0.05, 0) is 32.4 Å². The van der Waals surface area contributed by atoms with E-state index >= 15 is 0 Å². The molecule has 2 atom stereocenters. The zero-order chi connectivity index (χ0) is 13.7. The maximum atomic E-state index is 9.37. The van der Waals surface area contributed by atoms with Gasteiger partial charge in [-0.15, -0.1) is 0 Å².